The Morgan fingerprint density at radius 2 is 1.61 bits per heavy atom. The number of rotatable bonds is 6. The molecule has 0 aromatic carbocycles. The van der Waals surface area contributed by atoms with Crippen LogP contribution in [0.2, 0.25) is 0 Å². The molecule has 5 nitrogen and oxygen atoms in total. The Morgan fingerprint density at radius 1 is 1.09 bits per heavy atom. The first-order valence-corrected chi connectivity index (χ1v) is 9.10. The second kappa shape index (κ2) is 12.1. The van der Waals surface area contributed by atoms with Crippen LogP contribution < -0.4 is 68.9 Å². The van der Waals surface area contributed by atoms with Gasteiger partial charge in [-0.3, -0.25) is 0 Å². The number of phosphoric ester groups is 1. The normalized spacial score (nSPS) is 21.4. The van der Waals surface area contributed by atoms with Crippen molar-refractivity contribution in [2.75, 3.05) is 7.11 Å². The largest absolute Gasteiger partial charge is 1.00 e. The molecule has 23 heavy (non-hydrogen) atoms. The minimum absolute atomic E-state index is 0. The minimum Gasteiger partial charge on any atom is -0.790 e. The molecule has 0 aromatic rings. The van der Waals surface area contributed by atoms with Gasteiger partial charge in [-0.05, 0) is 36.7 Å². The topological polar surface area (TPSA) is 81.7 Å². The molecule has 0 amide bonds. The molecule has 0 spiro atoms. The summed E-state index contributed by atoms with van der Waals surface area (Å²) in [5, 5.41) is 0. The zero-order valence-electron chi connectivity index (χ0n) is 15.6. The van der Waals surface area contributed by atoms with E-state index in [1.807, 2.05) is 0 Å². The van der Waals surface area contributed by atoms with Crippen molar-refractivity contribution in [3.05, 3.63) is 11.3 Å². The third-order valence-electron chi connectivity index (χ3n) is 4.02. The Morgan fingerprint density at radius 3 is 2.00 bits per heavy atom. The number of allylic oxidation sites excluding steroid dienone is 2. The van der Waals surface area contributed by atoms with Crippen molar-refractivity contribution in [3.63, 3.8) is 0 Å². The van der Waals surface area contributed by atoms with Gasteiger partial charge in [0.25, 0.3) is 0 Å². The van der Waals surface area contributed by atoms with E-state index in [-0.39, 0.29) is 65.0 Å². The van der Waals surface area contributed by atoms with Crippen molar-refractivity contribution in [1.29, 1.82) is 0 Å². The number of hydrogen-bond donors (Lipinski definition) is 0. The molecule has 0 aromatic heterocycles. The van der Waals surface area contributed by atoms with Crippen LogP contribution in [0, 0.1) is 17.8 Å². The smallest absolute Gasteiger partial charge is 0.790 e. The van der Waals surface area contributed by atoms with Crippen LogP contribution in [-0.2, 0) is 13.8 Å². The van der Waals surface area contributed by atoms with Crippen LogP contribution in [-0.4, -0.2) is 13.2 Å². The third kappa shape index (κ3) is 9.23. The molecule has 2 unspecified atom stereocenters. The number of ether oxygens (including phenoxy) is 1. The first kappa shape index (κ1) is 26.9. The maximum atomic E-state index is 10.8. The molecule has 1 aliphatic rings. The van der Waals surface area contributed by atoms with Crippen molar-refractivity contribution in [2.45, 2.75) is 59.5 Å². The van der Waals surface area contributed by atoms with Crippen molar-refractivity contribution < 1.29 is 82.7 Å². The predicted molar refractivity (Wildman–Crippen MR) is 78.1 cm³/mol. The molecule has 0 bridgehead atoms. The maximum Gasteiger partial charge on any atom is 1.00 e. The number of hydrogen-bond acceptors (Lipinski definition) is 5. The molecule has 0 aliphatic heterocycles. The molecule has 0 heterocycles. The van der Waals surface area contributed by atoms with Crippen LogP contribution in [0.1, 0.15) is 53.4 Å². The van der Waals surface area contributed by atoms with Gasteiger partial charge < -0.3 is 23.6 Å². The molecule has 0 saturated heterocycles. The second-order valence-electron chi connectivity index (χ2n) is 6.37. The monoisotopic (exact) mass is 364 g/mol. The zero-order chi connectivity index (χ0) is 16.2. The van der Waals surface area contributed by atoms with Gasteiger partial charge in [-0.15, -0.1) is 0 Å². The van der Waals surface area contributed by atoms with E-state index in [2.05, 4.69) is 32.2 Å². The fourth-order valence-electron chi connectivity index (χ4n) is 3.42. The summed E-state index contributed by atoms with van der Waals surface area (Å²) in [6.07, 6.45) is 2.40. The average molecular weight is 364 g/mol. The summed E-state index contributed by atoms with van der Waals surface area (Å²) in [7, 11) is -3.25. The standard InChI is InChI=1S/C15H29O5P.2Na/c1-10(2)14(11(3)4)15(19-5)12-7-6-8-13(9-12)20-21(16,17)18;;/h10-13H,6-9H2,1-5H3,(H2,16,17,18);;/q;2*+1/p-2. The molecule has 1 fully saturated rings. The summed E-state index contributed by atoms with van der Waals surface area (Å²) in [4.78, 5) is 21.6. The molecular formula is C15H27Na2O5P. The van der Waals surface area contributed by atoms with Gasteiger partial charge in [-0.25, -0.2) is 0 Å². The van der Waals surface area contributed by atoms with Crippen molar-refractivity contribution >= 4 is 7.82 Å². The predicted octanol–water partition coefficient (Wildman–Crippen LogP) is -3.39. The molecule has 0 N–H and O–H groups in total. The summed E-state index contributed by atoms with van der Waals surface area (Å²) < 4.78 is 21.1. The zero-order valence-corrected chi connectivity index (χ0v) is 20.5. The van der Waals surface area contributed by atoms with Crippen LogP contribution in [0.5, 0.6) is 0 Å². The van der Waals surface area contributed by atoms with E-state index in [1.54, 1.807) is 7.11 Å². The van der Waals surface area contributed by atoms with Crippen molar-refractivity contribution in [2.24, 2.45) is 17.8 Å². The van der Waals surface area contributed by atoms with E-state index in [9.17, 15) is 14.4 Å². The summed E-state index contributed by atoms with van der Waals surface area (Å²) >= 11 is 0. The fraction of sp³-hybridized carbons (Fsp3) is 0.867. The summed E-state index contributed by atoms with van der Waals surface area (Å²) in [6.45, 7) is 8.53. The van der Waals surface area contributed by atoms with E-state index in [1.165, 1.54) is 5.57 Å². The Bertz CT molecular complexity index is 410. The van der Waals surface area contributed by atoms with E-state index < -0.39 is 13.9 Å². The Balaban J connectivity index is 0. The molecular weight excluding hydrogens is 337 g/mol. The molecule has 0 radical (unpaired) electrons. The van der Waals surface area contributed by atoms with Gasteiger partial charge in [0.2, 0.25) is 0 Å². The van der Waals surface area contributed by atoms with Gasteiger partial charge in [0, 0.05) is 5.92 Å². The first-order valence-electron chi connectivity index (χ1n) is 7.64. The Hall–Kier alpha value is 1.65. The minimum atomic E-state index is -4.92. The van der Waals surface area contributed by atoms with Crippen LogP contribution >= 0.6 is 7.82 Å². The van der Waals surface area contributed by atoms with Crippen molar-refractivity contribution in [1.82, 2.24) is 0 Å². The van der Waals surface area contributed by atoms with Gasteiger partial charge in [0.15, 0.2) is 0 Å². The third-order valence-corrected chi connectivity index (χ3v) is 4.58. The Kier molecular flexibility index (Phi) is 14.2. The summed E-state index contributed by atoms with van der Waals surface area (Å²) in [6, 6.07) is 0. The van der Waals surface area contributed by atoms with E-state index in [0.29, 0.717) is 24.7 Å². The maximum absolute atomic E-state index is 10.8. The van der Waals surface area contributed by atoms with Gasteiger partial charge in [-0.2, -0.15) is 0 Å². The Labute approximate surface area is 184 Å². The summed E-state index contributed by atoms with van der Waals surface area (Å²) in [5.41, 5.74) is 1.26. The average Bonchev–Trinajstić information content (AvgIpc) is 2.32. The molecule has 1 rings (SSSR count). The molecule has 1 aliphatic carbocycles. The van der Waals surface area contributed by atoms with Crippen molar-refractivity contribution in [3.8, 4) is 0 Å². The second-order valence-corrected chi connectivity index (χ2v) is 7.48. The summed E-state index contributed by atoms with van der Waals surface area (Å²) in [5.74, 6) is 1.80. The fourth-order valence-corrected chi connectivity index (χ4v) is 3.97. The van der Waals surface area contributed by atoms with E-state index >= 15 is 0 Å². The van der Waals surface area contributed by atoms with Crippen LogP contribution in [0.25, 0.3) is 0 Å². The molecule has 1 saturated carbocycles. The van der Waals surface area contributed by atoms with Gasteiger partial charge >= 0.3 is 59.1 Å². The van der Waals surface area contributed by atoms with Crippen LogP contribution in [0.4, 0.5) is 0 Å². The van der Waals surface area contributed by atoms with Crippen LogP contribution in [0.3, 0.4) is 0 Å². The van der Waals surface area contributed by atoms with E-state index in [4.69, 9.17) is 4.74 Å². The van der Waals surface area contributed by atoms with Gasteiger partial charge in [0.05, 0.1) is 26.8 Å². The SMILES string of the molecule is COC(=C(C(C)C)C(C)C)C1CCCC(OP(=O)([O-])[O-])C1.[Na+].[Na+]. The first-order chi connectivity index (χ1) is 9.65. The molecule has 8 heteroatoms. The van der Waals surface area contributed by atoms with Crippen LogP contribution in [0.15, 0.2) is 11.3 Å². The van der Waals surface area contributed by atoms with Gasteiger partial charge in [0.1, 0.15) is 0 Å². The quantitative estimate of drug-likeness (QED) is 0.279. The molecule has 2 atom stereocenters. The van der Waals surface area contributed by atoms with Gasteiger partial charge in [-0.1, -0.05) is 34.1 Å². The number of phosphoric acid groups is 1. The molecule has 124 valence electrons. The van der Waals surface area contributed by atoms with E-state index in [0.717, 1.165) is 18.6 Å². The number of methoxy groups -OCH3 is 1.